The van der Waals surface area contributed by atoms with Crippen LogP contribution >= 0.6 is 11.8 Å². The van der Waals surface area contributed by atoms with E-state index in [-0.39, 0.29) is 5.97 Å². The van der Waals surface area contributed by atoms with E-state index in [1.807, 2.05) is 6.07 Å². The summed E-state index contributed by atoms with van der Waals surface area (Å²) in [6.07, 6.45) is 0.445. The lowest BCUT2D eigenvalue weighted by molar-refractivity contribution is -0.140. The molecule has 0 amide bonds. The second kappa shape index (κ2) is 9.66. The van der Waals surface area contributed by atoms with Crippen molar-refractivity contribution < 1.29 is 14.3 Å². The molecule has 0 fully saturated rings. The van der Waals surface area contributed by atoms with Crippen LogP contribution in [0.25, 0.3) is 0 Å². The molecule has 0 unspecified atom stereocenters. The van der Waals surface area contributed by atoms with Gasteiger partial charge in [0.05, 0.1) is 20.6 Å². The third-order valence-corrected chi connectivity index (χ3v) is 3.87. The van der Waals surface area contributed by atoms with Gasteiger partial charge in [-0.15, -0.1) is 0 Å². The lowest BCUT2D eigenvalue weighted by Gasteiger charge is -2.11. The first-order valence-electron chi connectivity index (χ1n) is 6.72. The molecular formula is C15H23NO3S. The van der Waals surface area contributed by atoms with E-state index in [1.54, 1.807) is 18.9 Å². The number of hydrogen-bond acceptors (Lipinski definition) is 5. The zero-order valence-electron chi connectivity index (χ0n) is 12.4. The second-order valence-corrected chi connectivity index (χ2v) is 5.41. The van der Waals surface area contributed by atoms with Crippen LogP contribution in [0.15, 0.2) is 18.2 Å². The Morgan fingerprint density at radius 3 is 2.80 bits per heavy atom. The Morgan fingerprint density at radius 1 is 1.35 bits per heavy atom. The molecule has 0 aliphatic carbocycles. The largest absolute Gasteiger partial charge is 0.496 e. The van der Waals surface area contributed by atoms with Crippen LogP contribution in [0.2, 0.25) is 0 Å². The van der Waals surface area contributed by atoms with E-state index >= 15 is 0 Å². The number of benzene rings is 1. The molecule has 112 valence electrons. The highest BCUT2D eigenvalue weighted by atomic mass is 32.2. The molecule has 0 atom stereocenters. The Kier molecular flexibility index (Phi) is 8.14. The molecule has 0 aromatic heterocycles. The minimum atomic E-state index is -0.162. The van der Waals surface area contributed by atoms with Crippen molar-refractivity contribution in [1.29, 1.82) is 0 Å². The van der Waals surface area contributed by atoms with Gasteiger partial charge in [0.2, 0.25) is 0 Å². The fraction of sp³-hybridized carbons (Fsp3) is 0.533. The van der Waals surface area contributed by atoms with Gasteiger partial charge in [0, 0.05) is 23.6 Å². The van der Waals surface area contributed by atoms with Crippen LogP contribution in [0.1, 0.15) is 24.5 Å². The molecule has 1 aromatic rings. The first-order chi connectivity index (χ1) is 9.71. The van der Waals surface area contributed by atoms with Gasteiger partial charge in [0.1, 0.15) is 5.75 Å². The minimum absolute atomic E-state index is 0.162. The highest BCUT2D eigenvalue weighted by Gasteiger charge is 2.06. The van der Waals surface area contributed by atoms with Crippen LogP contribution in [-0.2, 0) is 21.8 Å². The molecule has 5 heteroatoms. The summed E-state index contributed by atoms with van der Waals surface area (Å²) < 4.78 is 10.0. The Bertz CT molecular complexity index is 424. The summed E-state index contributed by atoms with van der Waals surface area (Å²) in [4.78, 5) is 11.1. The monoisotopic (exact) mass is 297 g/mol. The topological polar surface area (TPSA) is 47.6 Å². The quantitative estimate of drug-likeness (QED) is 0.561. The molecule has 0 saturated carbocycles. The van der Waals surface area contributed by atoms with Crippen LogP contribution in [-0.4, -0.2) is 32.5 Å². The maximum atomic E-state index is 11.1. The van der Waals surface area contributed by atoms with Crippen molar-refractivity contribution in [1.82, 2.24) is 5.32 Å². The first-order valence-corrected chi connectivity index (χ1v) is 7.87. The van der Waals surface area contributed by atoms with Gasteiger partial charge in [-0.3, -0.25) is 4.79 Å². The second-order valence-electron chi connectivity index (χ2n) is 4.31. The summed E-state index contributed by atoms with van der Waals surface area (Å²) in [5, 5.41) is 3.31. The number of thioether (sulfide) groups is 1. The molecular weight excluding hydrogens is 274 g/mol. The summed E-state index contributed by atoms with van der Waals surface area (Å²) in [5.74, 6) is 2.33. The van der Waals surface area contributed by atoms with Crippen LogP contribution in [0.5, 0.6) is 5.75 Å². The number of nitrogens with one attached hydrogen (secondary N) is 1. The van der Waals surface area contributed by atoms with Crippen LogP contribution in [0.3, 0.4) is 0 Å². The van der Waals surface area contributed by atoms with E-state index < -0.39 is 0 Å². The van der Waals surface area contributed by atoms with E-state index in [9.17, 15) is 4.79 Å². The molecule has 20 heavy (non-hydrogen) atoms. The fourth-order valence-electron chi connectivity index (χ4n) is 1.76. The molecule has 0 radical (unpaired) electrons. The maximum Gasteiger partial charge on any atom is 0.306 e. The zero-order chi connectivity index (χ0) is 14.8. The van der Waals surface area contributed by atoms with Gasteiger partial charge < -0.3 is 14.8 Å². The van der Waals surface area contributed by atoms with Gasteiger partial charge in [-0.1, -0.05) is 13.0 Å². The molecule has 0 aliphatic heterocycles. The van der Waals surface area contributed by atoms with Crippen LogP contribution in [0, 0.1) is 0 Å². The third-order valence-electron chi connectivity index (χ3n) is 2.86. The fourth-order valence-corrected chi connectivity index (χ4v) is 2.66. The van der Waals surface area contributed by atoms with Crippen molar-refractivity contribution in [2.75, 3.05) is 26.5 Å². The predicted octanol–water partition coefficient (Wildman–Crippen LogP) is 2.60. The summed E-state index contributed by atoms with van der Waals surface area (Å²) in [5.41, 5.74) is 2.41. The minimum Gasteiger partial charge on any atom is -0.496 e. The van der Waals surface area contributed by atoms with Gasteiger partial charge in [-0.25, -0.2) is 0 Å². The van der Waals surface area contributed by atoms with Crippen molar-refractivity contribution >= 4 is 17.7 Å². The van der Waals surface area contributed by atoms with E-state index in [0.717, 1.165) is 35.9 Å². The molecule has 0 spiro atoms. The average Bonchev–Trinajstić information content (AvgIpc) is 2.49. The van der Waals surface area contributed by atoms with E-state index in [0.29, 0.717) is 6.42 Å². The Morgan fingerprint density at radius 2 is 2.15 bits per heavy atom. The Hall–Kier alpha value is -1.20. The van der Waals surface area contributed by atoms with Gasteiger partial charge >= 0.3 is 5.97 Å². The number of methoxy groups -OCH3 is 2. The molecule has 0 saturated heterocycles. The van der Waals surface area contributed by atoms with Crippen molar-refractivity contribution in [3.05, 3.63) is 29.3 Å². The van der Waals surface area contributed by atoms with Gasteiger partial charge in [-0.05, 0) is 24.2 Å². The maximum absolute atomic E-state index is 11.1. The molecule has 1 aromatic carbocycles. The SMILES string of the molecule is CCNCc1ccc(OC)c(CSCCC(=O)OC)c1. The zero-order valence-corrected chi connectivity index (χ0v) is 13.2. The third kappa shape index (κ3) is 5.84. The number of ether oxygens (including phenoxy) is 2. The standard InChI is InChI=1S/C15H23NO3S/c1-4-16-10-12-5-6-14(18-2)13(9-12)11-20-8-7-15(17)19-3/h5-6,9,16H,4,7-8,10-11H2,1-3H3. The average molecular weight is 297 g/mol. The molecule has 0 bridgehead atoms. The number of carbonyl (C=O) groups is 1. The number of hydrogen-bond donors (Lipinski definition) is 1. The van der Waals surface area contributed by atoms with Crippen molar-refractivity contribution in [2.24, 2.45) is 0 Å². The van der Waals surface area contributed by atoms with Crippen LogP contribution in [0.4, 0.5) is 0 Å². The molecule has 0 aliphatic rings. The molecule has 1 N–H and O–H groups in total. The Labute approximate surface area is 125 Å². The summed E-state index contributed by atoms with van der Waals surface area (Å²) in [7, 11) is 3.10. The Balaban J connectivity index is 2.54. The van der Waals surface area contributed by atoms with Crippen LogP contribution < -0.4 is 10.1 Å². The summed E-state index contributed by atoms with van der Waals surface area (Å²) in [6.45, 7) is 3.91. The molecule has 4 nitrogen and oxygen atoms in total. The van der Waals surface area contributed by atoms with E-state index in [2.05, 4.69) is 29.1 Å². The predicted molar refractivity (Wildman–Crippen MR) is 83.2 cm³/mol. The van der Waals surface area contributed by atoms with E-state index in [4.69, 9.17) is 4.74 Å². The van der Waals surface area contributed by atoms with Gasteiger partial charge in [-0.2, -0.15) is 11.8 Å². The molecule has 1 rings (SSSR count). The van der Waals surface area contributed by atoms with Crippen molar-refractivity contribution in [3.8, 4) is 5.75 Å². The highest BCUT2D eigenvalue weighted by Crippen LogP contribution is 2.25. The molecule has 0 heterocycles. The van der Waals surface area contributed by atoms with Gasteiger partial charge in [0.25, 0.3) is 0 Å². The van der Waals surface area contributed by atoms with Gasteiger partial charge in [0.15, 0.2) is 0 Å². The smallest absolute Gasteiger partial charge is 0.306 e. The number of carbonyl (C=O) groups excluding carboxylic acids is 1. The van der Waals surface area contributed by atoms with E-state index in [1.165, 1.54) is 12.7 Å². The first kappa shape index (κ1) is 16.9. The normalized spacial score (nSPS) is 10.3. The van der Waals surface area contributed by atoms with Crippen molar-refractivity contribution in [2.45, 2.75) is 25.6 Å². The highest BCUT2D eigenvalue weighted by molar-refractivity contribution is 7.98. The number of esters is 1. The number of rotatable bonds is 9. The summed E-state index contributed by atoms with van der Waals surface area (Å²) in [6, 6.07) is 6.24. The summed E-state index contributed by atoms with van der Waals surface area (Å²) >= 11 is 1.71. The van der Waals surface area contributed by atoms with Crippen molar-refractivity contribution in [3.63, 3.8) is 0 Å². The lowest BCUT2D eigenvalue weighted by Crippen LogP contribution is -2.11. The lowest BCUT2D eigenvalue weighted by atomic mass is 10.1.